The van der Waals surface area contributed by atoms with E-state index in [0.29, 0.717) is 0 Å². The first-order valence-electron chi connectivity index (χ1n) is 6.86. The molecule has 0 spiro atoms. The van der Waals surface area contributed by atoms with Crippen LogP contribution in [0.5, 0.6) is 0 Å². The molecule has 0 saturated carbocycles. The Hall–Kier alpha value is -1.60. The van der Waals surface area contributed by atoms with Crippen LogP contribution < -0.4 is 0 Å². The average Bonchev–Trinajstić information content (AvgIpc) is 2.79. The van der Waals surface area contributed by atoms with E-state index in [1.807, 2.05) is 6.07 Å². The van der Waals surface area contributed by atoms with Crippen molar-refractivity contribution in [2.75, 3.05) is 0 Å². The first kappa shape index (κ1) is 12.4. The fourth-order valence-electron chi connectivity index (χ4n) is 2.83. The molecule has 98 valence electrons. The van der Waals surface area contributed by atoms with Crippen LogP contribution in [0.2, 0.25) is 0 Å². The highest BCUT2D eigenvalue weighted by molar-refractivity contribution is 5.41. The lowest BCUT2D eigenvalue weighted by molar-refractivity contribution is -0.0310. The van der Waals surface area contributed by atoms with E-state index in [-0.39, 0.29) is 17.6 Å². The van der Waals surface area contributed by atoms with Gasteiger partial charge in [0.25, 0.3) is 0 Å². The van der Waals surface area contributed by atoms with Crippen molar-refractivity contribution in [3.05, 3.63) is 71.3 Å². The summed E-state index contributed by atoms with van der Waals surface area (Å²) in [6.45, 7) is 6.71. The Morgan fingerprint density at radius 2 is 1.37 bits per heavy atom. The molecule has 0 aliphatic carbocycles. The lowest BCUT2D eigenvalue weighted by atomic mass is 9.84. The van der Waals surface area contributed by atoms with Crippen LogP contribution in [-0.2, 0) is 4.74 Å². The predicted octanol–water partition coefficient (Wildman–Crippen LogP) is 4.89. The molecule has 0 radical (unpaired) electrons. The van der Waals surface area contributed by atoms with Crippen molar-refractivity contribution in [3.8, 4) is 0 Å². The Labute approximate surface area is 115 Å². The maximum absolute atomic E-state index is 6.38. The number of ether oxygens (including phenoxy) is 1. The molecule has 0 N–H and O–H groups in total. The zero-order valence-corrected chi connectivity index (χ0v) is 11.8. The smallest absolute Gasteiger partial charge is 0.109 e. The van der Waals surface area contributed by atoms with Gasteiger partial charge in [-0.2, -0.15) is 0 Å². The lowest BCUT2D eigenvalue weighted by Gasteiger charge is -2.27. The topological polar surface area (TPSA) is 9.23 Å². The minimum Gasteiger partial charge on any atom is -0.360 e. The fourth-order valence-corrected chi connectivity index (χ4v) is 2.83. The number of rotatable bonds is 1. The zero-order chi connectivity index (χ0) is 13.5. The van der Waals surface area contributed by atoms with E-state index in [4.69, 9.17) is 4.74 Å². The second-order valence-corrected chi connectivity index (χ2v) is 6.30. The highest BCUT2D eigenvalue weighted by Crippen LogP contribution is 2.49. The number of hydrogen-bond acceptors (Lipinski definition) is 1. The highest BCUT2D eigenvalue weighted by atomic mass is 16.5. The third kappa shape index (κ3) is 2.19. The fraction of sp³-hybridized carbons (Fsp3) is 0.333. The summed E-state index contributed by atoms with van der Waals surface area (Å²) >= 11 is 0. The lowest BCUT2D eigenvalue weighted by Crippen LogP contribution is -2.18. The summed E-state index contributed by atoms with van der Waals surface area (Å²) in [5.41, 5.74) is 4.00. The summed E-state index contributed by atoms with van der Waals surface area (Å²) < 4.78 is 6.38. The van der Waals surface area contributed by atoms with Gasteiger partial charge in [-0.1, -0.05) is 75.4 Å². The summed E-state index contributed by atoms with van der Waals surface area (Å²) in [7, 11) is 0. The molecule has 0 unspecified atom stereocenters. The molecule has 0 bridgehead atoms. The molecule has 1 aliphatic heterocycles. The molecule has 1 heterocycles. The second kappa shape index (κ2) is 4.50. The van der Waals surface area contributed by atoms with Crippen LogP contribution in [0, 0.1) is 5.41 Å². The van der Waals surface area contributed by atoms with Gasteiger partial charge in [0.1, 0.15) is 6.10 Å². The van der Waals surface area contributed by atoms with Gasteiger partial charge in [-0.15, -0.1) is 0 Å². The van der Waals surface area contributed by atoms with E-state index in [9.17, 15) is 0 Å². The monoisotopic (exact) mass is 252 g/mol. The van der Waals surface area contributed by atoms with Gasteiger partial charge in [0, 0.05) is 0 Å². The van der Waals surface area contributed by atoms with Gasteiger partial charge in [0.2, 0.25) is 0 Å². The van der Waals surface area contributed by atoms with E-state index >= 15 is 0 Å². The van der Waals surface area contributed by atoms with E-state index in [1.165, 1.54) is 16.7 Å². The predicted molar refractivity (Wildman–Crippen MR) is 78.0 cm³/mol. The third-order valence-corrected chi connectivity index (χ3v) is 3.72. The normalized spacial score (nSPS) is 22.3. The number of hydrogen-bond donors (Lipinski definition) is 0. The first-order valence-corrected chi connectivity index (χ1v) is 6.86. The van der Waals surface area contributed by atoms with Gasteiger partial charge in [-0.05, 0) is 22.1 Å². The number of fused-ring (bicyclic) bond motifs is 1. The van der Waals surface area contributed by atoms with Crippen LogP contribution >= 0.6 is 0 Å². The Morgan fingerprint density at radius 3 is 2.00 bits per heavy atom. The molecule has 3 rings (SSSR count). The van der Waals surface area contributed by atoms with Gasteiger partial charge in [0.05, 0.1) is 6.10 Å². The Balaban J connectivity index is 2.07. The third-order valence-electron chi connectivity index (χ3n) is 3.72. The minimum atomic E-state index is 0.0709. The second-order valence-electron chi connectivity index (χ2n) is 6.30. The van der Waals surface area contributed by atoms with Crippen molar-refractivity contribution in [1.82, 2.24) is 0 Å². The molecular weight excluding hydrogens is 232 g/mol. The molecule has 19 heavy (non-hydrogen) atoms. The molecule has 1 nitrogen and oxygen atoms in total. The zero-order valence-electron chi connectivity index (χ0n) is 11.8. The molecule has 0 saturated heterocycles. The molecule has 1 heteroatoms. The van der Waals surface area contributed by atoms with Crippen LogP contribution in [0.25, 0.3) is 0 Å². The van der Waals surface area contributed by atoms with Crippen LogP contribution in [0.4, 0.5) is 0 Å². The van der Waals surface area contributed by atoms with Gasteiger partial charge in [-0.3, -0.25) is 0 Å². The molecule has 2 aromatic carbocycles. The maximum atomic E-state index is 6.38. The van der Waals surface area contributed by atoms with Crippen molar-refractivity contribution < 1.29 is 4.74 Å². The van der Waals surface area contributed by atoms with E-state index in [0.717, 1.165) is 0 Å². The highest BCUT2D eigenvalue weighted by Gasteiger charge is 2.38. The first-order chi connectivity index (χ1) is 9.07. The van der Waals surface area contributed by atoms with Gasteiger partial charge in [-0.25, -0.2) is 0 Å². The molecule has 0 amide bonds. The molecule has 0 aromatic heterocycles. The molecule has 2 atom stereocenters. The van der Waals surface area contributed by atoms with Gasteiger partial charge < -0.3 is 4.74 Å². The largest absolute Gasteiger partial charge is 0.360 e. The maximum Gasteiger partial charge on any atom is 0.109 e. The van der Waals surface area contributed by atoms with Gasteiger partial charge in [0.15, 0.2) is 0 Å². The van der Waals surface area contributed by atoms with Crippen LogP contribution in [0.3, 0.4) is 0 Å². The van der Waals surface area contributed by atoms with E-state index in [1.54, 1.807) is 0 Å². The van der Waals surface area contributed by atoms with E-state index < -0.39 is 0 Å². The summed E-state index contributed by atoms with van der Waals surface area (Å²) in [6, 6.07) is 19.1. The van der Waals surface area contributed by atoms with Crippen molar-refractivity contribution in [1.29, 1.82) is 0 Å². The van der Waals surface area contributed by atoms with Crippen LogP contribution in [0.15, 0.2) is 54.6 Å². The van der Waals surface area contributed by atoms with Crippen molar-refractivity contribution in [2.24, 2.45) is 5.41 Å². The van der Waals surface area contributed by atoms with Crippen molar-refractivity contribution in [3.63, 3.8) is 0 Å². The van der Waals surface area contributed by atoms with Crippen molar-refractivity contribution in [2.45, 2.75) is 33.0 Å². The SMILES string of the molecule is CC(C)(C)[C@H]1O[C@H](c2ccccc2)c2ccccc21. The van der Waals surface area contributed by atoms with E-state index in [2.05, 4.69) is 69.3 Å². The summed E-state index contributed by atoms with van der Waals surface area (Å²) in [6.07, 6.45) is 0.232. The standard InChI is InChI=1S/C18H20O/c1-18(2,3)17-15-12-8-7-11-14(15)16(19-17)13-9-5-4-6-10-13/h4-12,16-17H,1-3H3/t16-,17+/m1/s1. The molecule has 0 fully saturated rings. The van der Waals surface area contributed by atoms with Crippen LogP contribution in [-0.4, -0.2) is 0 Å². The summed E-state index contributed by atoms with van der Waals surface area (Å²) in [4.78, 5) is 0. The summed E-state index contributed by atoms with van der Waals surface area (Å²) in [5.74, 6) is 0. The number of benzene rings is 2. The molecule has 2 aromatic rings. The molecule has 1 aliphatic rings. The van der Waals surface area contributed by atoms with Gasteiger partial charge >= 0.3 is 0 Å². The Bertz CT molecular complexity index is 566. The Kier molecular flexibility index (Phi) is 2.94. The quantitative estimate of drug-likeness (QED) is 0.702. The molecular formula is C18H20O. The Morgan fingerprint density at radius 1 is 0.789 bits per heavy atom. The van der Waals surface area contributed by atoms with Crippen LogP contribution in [0.1, 0.15) is 49.7 Å². The van der Waals surface area contributed by atoms with Crippen molar-refractivity contribution >= 4 is 0 Å². The summed E-state index contributed by atoms with van der Waals surface area (Å²) in [5, 5.41) is 0. The average molecular weight is 252 g/mol. The minimum absolute atomic E-state index is 0.0709.